The van der Waals surface area contributed by atoms with Crippen molar-refractivity contribution in [3.63, 3.8) is 0 Å². The van der Waals surface area contributed by atoms with E-state index < -0.39 is 5.92 Å². The Morgan fingerprint density at radius 1 is 0.885 bits per heavy atom. The van der Waals surface area contributed by atoms with Gasteiger partial charge in [0.25, 0.3) is 0 Å². The van der Waals surface area contributed by atoms with Crippen LogP contribution in [0.3, 0.4) is 0 Å². The molecule has 1 aliphatic rings. The second-order valence-corrected chi connectivity index (χ2v) is 6.87. The number of aryl methyl sites for hydroxylation is 1. The monoisotopic (exact) mass is 346 g/mol. The van der Waals surface area contributed by atoms with E-state index >= 15 is 0 Å². The lowest BCUT2D eigenvalue weighted by Gasteiger charge is -2.25. The zero-order valence-electron chi connectivity index (χ0n) is 14.3. The van der Waals surface area contributed by atoms with Crippen LogP contribution in [-0.2, 0) is 6.42 Å². The lowest BCUT2D eigenvalue weighted by molar-refractivity contribution is 0.0818. The Hall–Kier alpha value is -3.14. The standard InChI is InChI=1S/C22H18O4/c1-12-6-8-13(9-7-12)10-14-11-17(23)18-19(20(14)24)22(26)16-5-3-2-4-15(16)21(18)25/h2-9,14,25-26H,10-11H2,1H3. The molecule has 4 heteroatoms. The summed E-state index contributed by atoms with van der Waals surface area (Å²) in [6, 6.07) is 14.5. The maximum atomic E-state index is 13.0. The first-order valence-corrected chi connectivity index (χ1v) is 8.57. The predicted octanol–water partition coefficient (Wildman–Crippen LogP) is 4.19. The molecule has 0 saturated heterocycles. The van der Waals surface area contributed by atoms with Crippen LogP contribution in [0, 0.1) is 12.8 Å². The number of hydrogen-bond donors (Lipinski definition) is 2. The highest BCUT2D eigenvalue weighted by molar-refractivity contribution is 6.22. The smallest absolute Gasteiger partial charge is 0.171 e. The topological polar surface area (TPSA) is 74.6 Å². The van der Waals surface area contributed by atoms with E-state index in [4.69, 9.17) is 0 Å². The summed E-state index contributed by atoms with van der Waals surface area (Å²) in [4.78, 5) is 25.7. The Bertz CT molecular complexity index is 1050. The van der Waals surface area contributed by atoms with Crippen molar-refractivity contribution >= 4 is 22.3 Å². The number of Topliss-reactive ketones (excluding diaryl/α,β-unsaturated/α-hetero) is 2. The molecule has 4 nitrogen and oxygen atoms in total. The van der Waals surface area contributed by atoms with Crippen molar-refractivity contribution in [1.29, 1.82) is 0 Å². The number of ketones is 2. The van der Waals surface area contributed by atoms with Gasteiger partial charge in [-0.15, -0.1) is 0 Å². The van der Waals surface area contributed by atoms with Crippen LogP contribution < -0.4 is 0 Å². The molecule has 3 aromatic carbocycles. The molecule has 3 aromatic rings. The molecular formula is C22H18O4. The summed E-state index contributed by atoms with van der Waals surface area (Å²) in [5.41, 5.74) is 2.00. The molecule has 0 saturated carbocycles. The molecule has 4 rings (SSSR count). The van der Waals surface area contributed by atoms with E-state index in [9.17, 15) is 19.8 Å². The maximum Gasteiger partial charge on any atom is 0.171 e. The summed E-state index contributed by atoms with van der Waals surface area (Å²) in [7, 11) is 0. The first-order chi connectivity index (χ1) is 12.5. The molecule has 0 fully saturated rings. The molecule has 2 N–H and O–H groups in total. The summed E-state index contributed by atoms with van der Waals surface area (Å²) in [6.45, 7) is 1.99. The molecule has 0 spiro atoms. The third kappa shape index (κ3) is 2.46. The highest BCUT2D eigenvalue weighted by Gasteiger charge is 2.38. The van der Waals surface area contributed by atoms with Gasteiger partial charge in [0.1, 0.15) is 11.5 Å². The molecule has 0 amide bonds. The van der Waals surface area contributed by atoms with Gasteiger partial charge in [-0.3, -0.25) is 9.59 Å². The van der Waals surface area contributed by atoms with Gasteiger partial charge in [-0.2, -0.15) is 0 Å². The number of aromatic hydroxyl groups is 2. The molecule has 0 bridgehead atoms. The molecule has 1 unspecified atom stereocenters. The van der Waals surface area contributed by atoms with Crippen molar-refractivity contribution < 1.29 is 19.8 Å². The second-order valence-electron chi connectivity index (χ2n) is 6.87. The molecule has 0 aliphatic heterocycles. The molecule has 0 heterocycles. The highest BCUT2D eigenvalue weighted by atomic mass is 16.3. The number of carbonyl (C=O) groups is 2. The van der Waals surface area contributed by atoms with Crippen molar-refractivity contribution in [2.24, 2.45) is 5.92 Å². The average Bonchev–Trinajstić information content (AvgIpc) is 2.64. The minimum absolute atomic E-state index is 0.0328. The first-order valence-electron chi connectivity index (χ1n) is 8.57. The van der Waals surface area contributed by atoms with Crippen LogP contribution in [0.2, 0.25) is 0 Å². The molecule has 1 atom stereocenters. The van der Waals surface area contributed by atoms with Gasteiger partial charge in [0, 0.05) is 23.1 Å². The van der Waals surface area contributed by atoms with Crippen LogP contribution in [-0.4, -0.2) is 21.8 Å². The molecule has 0 aromatic heterocycles. The van der Waals surface area contributed by atoms with E-state index in [0.29, 0.717) is 17.2 Å². The van der Waals surface area contributed by atoms with Gasteiger partial charge in [0.2, 0.25) is 0 Å². The number of phenols is 2. The van der Waals surface area contributed by atoms with Gasteiger partial charge >= 0.3 is 0 Å². The number of carbonyl (C=O) groups excluding carboxylic acids is 2. The van der Waals surface area contributed by atoms with Crippen LogP contribution in [0.15, 0.2) is 48.5 Å². The normalized spacial score (nSPS) is 16.7. The van der Waals surface area contributed by atoms with Gasteiger partial charge in [-0.05, 0) is 18.9 Å². The van der Waals surface area contributed by atoms with E-state index in [-0.39, 0.29) is 40.6 Å². The van der Waals surface area contributed by atoms with Crippen LogP contribution >= 0.6 is 0 Å². The summed E-state index contributed by atoms with van der Waals surface area (Å²) in [6.07, 6.45) is 0.461. The van der Waals surface area contributed by atoms with Gasteiger partial charge in [0.15, 0.2) is 11.6 Å². The molecule has 26 heavy (non-hydrogen) atoms. The van der Waals surface area contributed by atoms with Gasteiger partial charge in [-0.25, -0.2) is 0 Å². The van der Waals surface area contributed by atoms with Crippen LogP contribution in [0.4, 0.5) is 0 Å². The molecule has 1 aliphatic carbocycles. The maximum absolute atomic E-state index is 13.0. The Morgan fingerprint density at radius 2 is 1.46 bits per heavy atom. The second kappa shape index (κ2) is 5.99. The molecular weight excluding hydrogens is 328 g/mol. The number of benzene rings is 3. The van der Waals surface area contributed by atoms with Crippen LogP contribution in [0.1, 0.15) is 38.3 Å². The third-order valence-electron chi connectivity index (χ3n) is 5.09. The fourth-order valence-corrected chi connectivity index (χ4v) is 3.71. The molecule has 0 radical (unpaired) electrons. The van der Waals surface area contributed by atoms with Crippen molar-refractivity contribution in [2.75, 3.05) is 0 Å². The number of fused-ring (bicyclic) bond motifs is 2. The van der Waals surface area contributed by atoms with Gasteiger partial charge < -0.3 is 10.2 Å². The van der Waals surface area contributed by atoms with Crippen molar-refractivity contribution in [3.8, 4) is 11.5 Å². The largest absolute Gasteiger partial charge is 0.507 e. The van der Waals surface area contributed by atoms with Crippen LogP contribution in [0.25, 0.3) is 10.8 Å². The minimum atomic E-state index is -0.538. The number of rotatable bonds is 2. The van der Waals surface area contributed by atoms with E-state index in [2.05, 4.69) is 0 Å². The Labute approximate surface area is 150 Å². The quantitative estimate of drug-likeness (QED) is 0.683. The minimum Gasteiger partial charge on any atom is -0.507 e. The number of hydrogen-bond acceptors (Lipinski definition) is 4. The van der Waals surface area contributed by atoms with Crippen molar-refractivity contribution in [1.82, 2.24) is 0 Å². The average molecular weight is 346 g/mol. The summed E-state index contributed by atoms with van der Waals surface area (Å²) in [5.74, 6) is -1.58. The zero-order valence-corrected chi connectivity index (χ0v) is 14.3. The highest BCUT2D eigenvalue weighted by Crippen LogP contribution is 2.44. The Balaban J connectivity index is 1.82. The van der Waals surface area contributed by atoms with E-state index in [1.54, 1.807) is 24.3 Å². The van der Waals surface area contributed by atoms with E-state index in [0.717, 1.165) is 11.1 Å². The van der Waals surface area contributed by atoms with Crippen molar-refractivity contribution in [2.45, 2.75) is 19.8 Å². The SMILES string of the molecule is Cc1ccc(CC2CC(=O)c3c(c(O)c4ccccc4c3O)C2=O)cc1. The third-order valence-corrected chi connectivity index (χ3v) is 5.09. The fourth-order valence-electron chi connectivity index (χ4n) is 3.71. The summed E-state index contributed by atoms with van der Waals surface area (Å²) >= 11 is 0. The Morgan fingerprint density at radius 3 is 2.08 bits per heavy atom. The van der Waals surface area contributed by atoms with Gasteiger partial charge in [0.05, 0.1) is 11.1 Å². The van der Waals surface area contributed by atoms with Gasteiger partial charge in [-0.1, -0.05) is 54.1 Å². The first kappa shape index (κ1) is 16.3. The molecule has 130 valence electrons. The van der Waals surface area contributed by atoms with E-state index in [1.807, 2.05) is 31.2 Å². The lowest BCUT2D eigenvalue weighted by atomic mass is 9.77. The zero-order chi connectivity index (χ0) is 18.4. The number of phenolic OH excluding ortho intramolecular Hbond substituents is 2. The van der Waals surface area contributed by atoms with Crippen molar-refractivity contribution in [3.05, 3.63) is 70.8 Å². The van der Waals surface area contributed by atoms with E-state index in [1.165, 1.54) is 0 Å². The summed E-state index contributed by atoms with van der Waals surface area (Å²) in [5, 5.41) is 21.9. The lowest BCUT2D eigenvalue weighted by Crippen LogP contribution is -2.28. The Kier molecular flexibility index (Phi) is 3.76. The van der Waals surface area contributed by atoms with Crippen LogP contribution in [0.5, 0.6) is 11.5 Å². The summed E-state index contributed by atoms with van der Waals surface area (Å²) < 4.78 is 0. The fraction of sp³-hybridized carbons (Fsp3) is 0.182. The predicted molar refractivity (Wildman–Crippen MR) is 98.9 cm³/mol.